The highest BCUT2D eigenvalue weighted by Crippen LogP contribution is 2.37. The largest absolute Gasteiger partial charge is 0.542 e. The van der Waals surface area contributed by atoms with Crippen LogP contribution in [0.5, 0.6) is 0 Å². The quantitative estimate of drug-likeness (QED) is 0.103. The molecule has 0 aromatic heterocycles. The average Bonchev–Trinajstić information content (AvgIpc) is 3.08. The summed E-state index contributed by atoms with van der Waals surface area (Å²) < 4.78 is 51.7. The molecule has 3 aliphatic heterocycles. The Labute approximate surface area is 275 Å². The van der Waals surface area contributed by atoms with Gasteiger partial charge in [0, 0.05) is 30.0 Å². The highest BCUT2D eigenvalue weighted by atomic mass is 19.4. The Hall–Kier alpha value is -5.03. The van der Waals surface area contributed by atoms with Gasteiger partial charge in [0.2, 0.25) is 5.78 Å². The number of carboxylic acid groups (broad SMARTS) is 1. The molecule has 0 spiro atoms. The number of benzene rings is 4. The number of aliphatic carboxylic acids is 1. The lowest BCUT2D eigenvalue weighted by Crippen LogP contribution is -2.65. The summed E-state index contributed by atoms with van der Waals surface area (Å²) in [5, 5.41) is 12.1. The number of piperidine rings is 3. The summed E-state index contributed by atoms with van der Waals surface area (Å²) in [6.07, 6.45) is -3.53. The van der Waals surface area contributed by atoms with E-state index in [0.717, 1.165) is 48.3 Å². The standard InChI is InChI=1S/C35H34FN2O3.C2HF3O2/c36-30-17-15-26(16-18-30)25-11-13-27(14-12-25)32(39)23-38-21-19-28(20-22-38)33(24-38)41-35(40)34(29-7-3-1-4-8-29)37-31-9-5-2-6-10-31;3-2(4,5)1(6)7/h1-18,28,33-34,37H,19-24H2;(H,6,7)/q+1;/p-1/t28?,33-,34+,38?;/m0./s1. The summed E-state index contributed by atoms with van der Waals surface area (Å²) in [5.74, 6) is -3.16. The number of quaternary nitrogens is 1. The predicted molar refractivity (Wildman–Crippen MR) is 169 cm³/mol. The van der Waals surface area contributed by atoms with Gasteiger partial charge in [-0.3, -0.25) is 4.79 Å². The first kappa shape index (κ1) is 34.3. The summed E-state index contributed by atoms with van der Waals surface area (Å²) in [7, 11) is 0. The molecule has 0 unspecified atom stereocenters. The predicted octanol–water partition coefficient (Wildman–Crippen LogP) is 5.98. The average molecular weight is 663 g/mol. The van der Waals surface area contributed by atoms with E-state index in [0.29, 0.717) is 29.1 Å². The zero-order valence-corrected chi connectivity index (χ0v) is 25.9. The maximum atomic E-state index is 13.6. The molecule has 3 saturated heterocycles. The number of anilines is 1. The van der Waals surface area contributed by atoms with Gasteiger partial charge in [0.1, 0.15) is 24.9 Å². The Bertz CT molecular complexity index is 1690. The van der Waals surface area contributed by atoms with Crippen molar-refractivity contribution in [2.75, 3.05) is 31.5 Å². The molecule has 2 atom stereocenters. The van der Waals surface area contributed by atoms with Gasteiger partial charge in [-0.15, -0.1) is 0 Å². The Kier molecular flexibility index (Phi) is 10.6. The molecule has 0 radical (unpaired) electrons. The van der Waals surface area contributed by atoms with Crippen molar-refractivity contribution in [3.8, 4) is 11.1 Å². The van der Waals surface area contributed by atoms with Crippen molar-refractivity contribution in [2.45, 2.75) is 31.2 Å². The number of nitrogens with one attached hydrogen (secondary N) is 1. The van der Waals surface area contributed by atoms with E-state index < -0.39 is 18.2 Å². The molecule has 7 nitrogen and oxygen atoms in total. The number of ketones is 1. The Morgan fingerprint density at radius 3 is 1.88 bits per heavy atom. The normalized spacial score (nSPS) is 20.5. The number of hydrogen-bond donors (Lipinski definition) is 1. The summed E-state index contributed by atoms with van der Waals surface area (Å²) in [6.45, 7) is 2.88. The maximum Gasteiger partial charge on any atom is 0.430 e. The van der Waals surface area contributed by atoms with Gasteiger partial charge in [-0.2, -0.15) is 13.2 Å². The van der Waals surface area contributed by atoms with Crippen molar-refractivity contribution < 1.29 is 46.3 Å². The van der Waals surface area contributed by atoms with Crippen LogP contribution in [-0.4, -0.2) is 60.7 Å². The maximum absolute atomic E-state index is 13.6. The molecule has 2 bridgehead atoms. The molecular formula is C37H34F4N2O5. The number of fused-ring (bicyclic) bond motifs is 3. The third kappa shape index (κ3) is 8.65. The molecule has 3 heterocycles. The molecule has 0 amide bonds. The second-order valence-electron chi connectivity index (χ2n) is 12.1. The number of carbonyl (C=O) groups excluding carboxylic acids is 3. The third-order valence-electron chi connectivity index (χ3n) is 8.86. The number of hydrogen-bond acceptors (Lipinski definition) is 6. The van der Waals surface area contributed by atoms with Crippen molar-refractivity contribution >= 4 is 23.4 Å². The first-order valence-corrected chi connectivity index (χ1v) is 15.5. The van der Waals surface area contributed by atoms with Crippen molar-refractivity contribution in [3.05, 3.63) is 126 Å². The van der Waals surface area contributed by atoms with Gasteiger partial charge in [0.05, 0.1) is 13.1 Å². The summed E-state index contributed by atoms with van der Waals surface area (Å²) >= 11 is 0. The van der Waals surface area contributed by atoms with Gasteiger partial charge in [-0.05, 0) is 41.0 Å². The Morgan fingerprint density at radius 1 is 0.812 bits per heavy atom. The highest BCUT2D eigenvalue weighted by molar-refractivity contribution is 5.97. The van der Waals surface area contributed by atoms with E-state index in [9.17, 15) is 27.2 Å². The lowest BCUT2D eigenvalue weighted by atomic mass is 9.82. The van der Waals surface area contributed by atoms with Crippen LogP contribution >= 0.6 is 0 Å². The number of alkyl halides is 3. The monoisotopic (exact) mass is 662 g/mol. The van der Waals surface area contributed by atoms with Crippen LogP contribution in [0.25, 0.3) is 11.1 Å². The summed E-state index contributed by atoms with van der Waals surface area (Å²) in [4.78, 5) is 35.8. The van der Waals surface area contributed by atoms with E-state index in [1.807, 2.05) is 84.9 Å². The number of rotatable bonds is 9. The number of carboxylic acids is 1. The van der Waals surface area contributed by atoms with Crippen LogP contribution in [0.3, 0.4) is 0 Å². The number of nitrogens with zero attached hydrogens (tertiary/aromatic N) is 1. The van der Waals surface area contributed by atoms with E-state index in [1.54, 1.807) is 12.1 Å². The Morgan fingerprint density at radius 2 is 1.33 bits per heavy atom. The number of ether oxygens (including phenoxy) is 1. The second-order valence-corrected chi connectivity index (χ2v) is 12.1. The second kappa shape index (κ2) is 14.8. The van der Waals surface area contributed by atoms with Crippen molar-refractivity contribution in [2.24, 2.45) is 5.92 Å². The van der Waals surface area contributed by atoms with Crippen LogP contribution in [0.4, 0.5) is 23.2 Å². The zero-order valence-electron chi connectivity index (χ0n) is 25.9. The van der Waals surface area contributed by atoms with E-state index >= 15 is 0 Å². The zero-order chi connectivity index (χ0) is 34.3. The number of halogens is 4. The minimum atomic E-state index is -5.19. The van der Waals surface area contributed by atoms with Crippen molar-refractivity contribution in [3.63, 3.8) is 0 Å². The lowest BCUT2D eigenvalue weighted by molar-refractivity contribution is -0.938. The molecule has 1 N–H and O–H groups in total. The minimum Gasteiger partial charge on any atom is -0.542 e. The van der Waals surface area contributed by atoms with E-state index in [4.69, 9.17) is 14.6 Å². The van der Waals surface area contributed by atoms with Gasteiger partial charge in [0.25, 0.3) is 0 Å². The molecule has 7 rings (SSSR count). The van der Waals surface area contributed by atoms with Crippen LogP contribution < -0.4 is 10.4 Å². The number of para-hydroxylation sites is 1. The summed E-state index contributed by atoms with van der Waals surface area (Å²) in [5.41, 5.74) is 4.22. The lowest BCUT2D eigenvalue weighted by Gasteiger charge is -2.51. The Balaban J connectivity index is 0.000000582. The topological polar surface area (TPSA) is 95.5 Å². The van der Waals surface area contributed by atoms with E-state index in [2.05, 4.69) is 5.32 Å². The van der Waals surface area contributed by atoms with Crippen LogP contribution in [0, 0.1) is 11.7 Å². The number of esters is 1. The molecule has 4 aromatic rings. The van der Waals surface area contributed by atoms with Gasteiger partial charge >= 0.3 is 12.1 Å². The van der Waals surface area contributed by atoms with Crippen LogP contribution in [-0.2, 0) is 14.3 Å². The molecule has 48 heavy (non-hydrogen) atoms. The molecule has 3 aliphatic rings. The molecule has 0 aliphatic carbocycles. The van der Waals surface area contributed by atoms with Crippen LogP contribution in [0.1, 0.15) is 34.8 Å². The fraction of sp³-hybridized carbons (Fsp3) is 0.270. The fourth-order valence-corrected chi connectivity index (χ4v) is 6.31. The van der Waals surface area contributed by atoms with Crippen molar-refractivity contribution in [1.82, 2.24) is 0 Å². The third-order valence-corrected chi connectivity index (χ3v) is 8.86. The first-order chi connectivity index (χ1) is 22.9. The van der Waals surface area contributed by atoms with Crippen LogP contribution in [0.2, 0.25) is 0 Å². The minimum absolute atomic E-state index is 0.0917. The highest BCUT2D eigenvalue weighted by Gasteiger charge is 2.49. The van der Waals surface area contributed by atoms with Crippen molar-refractivity contribution in [1.29, 1.82) is 0 Å². The van der Waals surface area contributed by atoms with Gasteiger partial charge < -0.3 is 24.4 Å². The molecular weight excluding hydrogens is 628 g/mol. The van der Waals surface area contributed by atoms with Gasteiger partial charge in [0.15, 0.2) is 12.1 Å². The SMILES string of the molecule is O=C(C[N+]12CCC(CC1)[C@@H](OC(=O)[C@H](Nc1ccccc1)c1ccccc1)C2)c1ccc(-c2ccc(F)cc2)cc1.O=C([O-])C(F)(F)F. The molecule has 4 aromatic carbocycles. The molecule has 0 saturated carbocycles. The van der Waals surface area contributed by atoms with Gasteiger partial charge in [-0.1, -0.05) is 84.9 Å². The van der Waals surface area contributed by atoms with E-state index in [1.165, 1.54) is 12.1 Å². The van der Waals surface area contributed by atoms with Crippen LogP contribution in [0.15, 0.2) is 109 Å². The van der Waals surface area contributed by atoms with Gasteiger partial charge in [-0.25, -0.2) is 9.18 Å². The first-order valence-electron chi connectivity index (χ1n) is 15.5. The summed E-state index contributed by atoms with van der Waals surface area (Å²) in [6, 6.07) is 32.6. The molecule has 250 valence electrons. The molecule has 11 heteroatoms. The fourth-order valence-electron chi connectivity index (χ4n) is 6.31. The number of carbonyl (C=O) groups is 3. The van der Waals surface area contributed by atoms with E-state index in [-0.39, 0.29) is 23.7 Å². The molecule has 3 fully saturated rings. The smallest absolute Gasteiger partial charge is 0.430 e. The number of Topliss-reactive ketones (excluding diaryl/α,β-unsaturated/α-hetero) is 1.